The Morgan fingerprint density at radius 1 is 1.33 bits per heavy atom. The number of carbonyl (C=O) groups is 2. The summed E-state index contributed by atoms with van der Waals surface area (Å²) in [5.41, 5.74) is -0.558. The fourth-order valence-electron chi connectivity index (χ4n) is 2.83. The molecule has 2 N–H and O–H groups in total. The minimum absolute atomic E-state index is 0.0481. The van der Waals surface area contributed by atoms with Crippen molar-refractivity contribution in [1.82, 2.24) is 4.57 Å². The maximum Gasteiger partial charge on any atom is 0.323 e. The smallest absolute Gasteiger partial charge is 0.323 e. The summed E-state index contributed by atoms with van der Waals surface area (Å²) in [5.74, 6) is -4.03. The summed E-state index contributed by atoms with van der Waals surface area (Å²) in [7, 11) is 1.16. The summed E-state index contributed by atoms with van der Waals surface area (Å²) in [5, 5.41) is 19.3. The molecule has 1 heterocycles. The zero-order chi connectivity index (χ0) is 20.3. The molecule has 1 atom stereocenters. The van der Waals surface area contributed by atoms with Gasteiger partial charge in [0.2, 0.25) is 0 Å². The van der Waals surface area contributed by atoms with Gasteiger partial charge < -0.3 is 19.5 Å². The van der Waals surface area contributed by atoms with Gasteiger partial charge in [-0.15, -0.1) is 0 Å². The minimum atomic E-state index is -1.25. The van der Waals surface area contributed by atoms with E-state index in [-0.39, 0.29) is 28.3 Å². The Labute approximate surface area is 158 Å². The Hall–Kier alpha value is -2.87. The average Bonchev–Trinajstić information content (AvgIpc) is 2.57. The first-order chi connectivity index (χ1) is 12.6. The van der Waals surface area contributed by atoms with Crippen molar-refractivity contribution in [3.05, 3.63) is 62.3 Å². The molecular formula is C18H17ClFNO6. The molecule has 0 saturated heterocycles. The third-order valence-corrected chi connectivity index (χ3v) is 4.43. The molecule has 0 fully saturated rings. The molecule has 0 aliphatic rings. The second-order valence-electron chi connectivity index (χ2n) is 5.87. The van der Waals surface area contributed by atoms with Crippen LogP contribution in [0.3, 0.4) is 0 Å². The fourth-order valence-corrected chi connectivity index (χ4v) is 3.13. The number of hydrogen-bond acceptors (Lipinski definition) is 5. The predicted octanol–water partition coefficient (Wildman–Crippen LogP) is 2.43. The summed E-state index contributed by atoms with van der Waals surface area (Å²) in [6.45, 7) is 0.841. The van der Waals surface area contributed by atoms with Crippen LogP contribution in [-0.4, -0.2) is 33.8 Å². The van der Waals surface area contributed by atoms with Crippen molar-refractivity contribution in [2.45, 2.75) is 25.8 Å². The Morgan fingerprint density at radius 2 is 2.00 bits per heavy atom. The highest BCUT2D eigenvalue weighted by Gasteiger charge is 2.28. The van der Waals surface area contributed by atoms with Crippen molar-refractivity contribution in [2.24, 2.45) is 0 Å². The van der Waals surface area contributed by atoms with E-state index in [1.54, 1.807) is 0 Å². The third kappa shape index (κ3) is 4.46. The van der Waals surface area contributed by atoms with E-state index in [1.807, 2.05) is 0 Å². The Morgan fingerprint density at radius 3 is 2.56 bits per heavy atom. The van der Waals surface area contributed by atoms with E-state index in [4.69, 9.17) is 16.7 Å². The van der Waals surface area contributed by atoms with Crippen LogP contribution in [0, 0.1) is 12.7 Å². The van der Waals surface area contributed by atoms with Gasteiger partial charge in [-0.2, -0.15) is 0 Å². The number of aliphatic carboxylic acids is 1. The minimum Gasteiger partial charge on any atom is -0.507 e. The normalized spacial score (nSPS) is 11.9. The van der Waals surface area contributed by atoms with Crippen LogP contribution in [0.4, 0.5) is 4.39 Å². The van der Waals surface area contributed by atoms with Crippen LogP contribution < -0.4 is 5.56 Å². The number of ether oxygens (including phenoxy) is 1. The fraction of sp³-hybridized carbons (Fsp3) is 0.278. The van der Waals surface area contributed by atoms with Crippen molar-refractivity contribution < 1.29 is 28.9 Å². The third-order valence-electron chi connectivity index (χ3n) is 4.10. The molecule has 27 heavy (non-hydrogen) atoms. The van der Waals surface area contributed by atoms with Crippen LogP contribution in [0.5, 0.6) is 5.75 Å². The van der Waals surface area contributed by atoms with Crippen LogP contribution >= 0.6 is 11.6 Å². The molecule has 144 valence electrons. The molecule has 0 saturated carbocycles. The summed E-state index contributed by atoms with van der Waals surface area (Å²) >= 11 is 6.08. The molecule has 0 bridgehead atoms. The van der Waals surface area contributed by atoms with E-state index < -0.39 is 41.5 Å². The van der Waals surface area contributed by atoms with Gasteiger partial charge in [0, 0.05) is 16.6 Å². The summed E-state index contributed by atoms with van der Waals surface area (Å²) < 4.78 is 19.0. The van der Waals surface area contributed by atoms with Crippen molar-refractivity contribution in [3.63, 3.8) is 0 Å². The topological polar surface area (TPSA) is 106 Å². The van der Waals surface area contributed by atoms with E-state index in [1.165, 1.54) is 19.1 Å². The lowest BCUT2D eigenvalue weighted by Crippen LogP contribution is -2.31. The van der Waals surface area contributed by atoms with Crippen LogP contribution in [-0.2, 0) is 20.9 Å². The van der Waals surface area contributed by atoms with E-state index in [9.17, 15) is 23.9 Å². The summed E-state index contributed by atoms with van der Waals surface area (Å²) in [6, 6.07) is 4.64. The predicted molar refractivity (Wildman–Crippen MR) is 94.6 cm³/mol. The van der Waals surface area contributed by atoms with E-state index in [0.717, 1.165) is 23.8 Å². The van der Waals surface area contributed by atoms with Gasteiger partial charge in [-0.25, -0.2) is 4.39 Å². The highest BCUT2D eigenvalue weighted by Crippen LogP contribution is 2.36. The number of aromatic nitrogens is 1. The average molecular weight is 398 g/mol. The van der Waals surface area contributed by atoms with Crippen molar-refractivity contribution in [3.8, 4) is 5.75 Å². The quantitative estimate of drug-likeness (QED) is 0.725. The molecule has 0 aliphatic carbocycles. The van der Waals surface area contributed by atoms with Gasteiger partial charge in [0.25, 0.3) is 5.56 Å². The van der Waals surface area contributed by atoms with E-state index >= 15 is 0 Å². The van der Waals surface area contributed by atoms with Gasteiger partial charge in [0.1, 0.15) is 18.1 Å². The number of nitrogens with zero attached hydrogens (tertiary/aromatic N) is 1. The van der Waals surface area contributed by atoms with Gasteiger partial charge in [-0.1, -0.05) is 17.7 Å². The molecule has 1 aromatic carbocycles. The first-order valence-electron chi connectivity index (χ1n) is 7.82. The zero-order valence-corrected chi connectivity index (χ0v) is 15.3. The van der Waals surface area contributed by atoms with Gasteiger partial charge in [0.05, 0.1) is 19.1 Å². The number of benzene rings is 1. The van der Waals surface area contributed by atoms with Gasteiger partial charge in [-0.3, -0.25) is 14.4 Å². The maximum absolute atomic E-state index is 13.4. The number of aromatic hydroxyl groups is 1. The molecule has 2 rings (SSSR count). The van der Waals surface area contributed by atoms with Crippen LogP contribution in [0.15, 0.2) is 29.1 Å². The second kappa shape index (κ2) is 8.22. The molecule has 7 nitrogen and oxygen atoms in total. The number of methoxy groups -OCH3 is 1. The lowest BCUT2D eigenvalue weighted by Gasteiger charge is -2.21. The number of pyridine rings is 1. The van der Waals surface area contributed by atoms with Crippen molar-refractivity contribution >= 4 is 23.5 Å². The number of carbonyl (C=O) groups excluding carboxylic acids is 1. The van der Waals surface area contributed by atoms with E-state index in [2.05, 4.69) is 4.74 Å². The zero-order valence-electron chi connectivity index (χ0n) is 14.5. The molecule has 0 amide bonds. The summed E-state index contributed by atoms with van der Waals surface area (Å²) in [6.07, 6.45) is -0.360. The summed E-state index contributed by atoms with van der Waals surface area (Å²) in [4.78, 5) is 35.8. The lowest BCUT2D eigenvalue weighted by molar-refractivity contribution is -0.141. The highest BCUT2D eigenvalue weighted by molar-refractivity contribution is 6.31. The second-order valence-corrected chi connectivity index (χ2v) is 6.28. The Bertz CT molecular complexity index is 956. The maximum atomic E-state index is 13.4. The number of halogens is 2. The SMILES string of the molecule is COC(=O)C[C@@H](c1ccc(F)cc1Cl)c1c(O)cc(C)n(CC(=O)O)c1=O. The first kappa shape index (κ1) is 20.4. The Balaban J connectivity index is 2.74. The lowest BCUT2D eigenvalue weighted by atomic mass is 9.88. The number of aryl methyl sites for hydroxylation is 1. The Kier molecular flexibility index (Phi) is 6.22. The molecule has 0 spiro atoms. The van der Waals surface area contributed by atoms with Crippen LogP contribution in [0.25, 0.3) is 0 Å². The number of carboxylic acids is 1. The molecule has 0 aliphatic heterocycles. The van der Waals surface area contributed by atoms with E-state index in [0.29, 0.717) is 0 Å². The molecule has 0 unspecified atom stereocenters. The molecule has 1 aromatic heterocycles. The van der Waals surface area contributed by atoms with Gasteiger partial charge in [0.15, 0.2) is 0 Å². The molecule has 9 heteroatoms. The monoisotopic (exact) mass is 397 g/mol. The van der Waals surface area contributed by atoms with Crippen molar-refractivity contribution in [1.29, 1.82) is 0 Å². The molecular weight excluding hydrogens is 381 g/mol. The van der Waals surface area contributed by atoms with Crippen LogP contribution in [0.2, 0.25) is 5.02 Å². The standard InChI is InChI=1S/C18H17ClFNO6/c1-9-5-14(22)17(18(26)21(9)8-15(23)24)12(7-16(25)27-2)11-4-3-10(20)6-13(11)19/h3-6,12,22H,7-8H2,1-2H3,(H,23,24)/t12-/m0/s1. The largest absolute Gasteiger partial charge is 0.507 e. The molecule has 0 radical (unpaired) electrons. The number of hydrogen-bond donors (Lipinski definition) is 2. The number of carboxylic acid groups (broad SMARTS) is 1. The van der Waals surface area contributed by atoms with Crippen LogP contribution in [0.1, 0.15) is 29.2 Å². The number of rotatable bonds is 6. The molecule has 2 aromatic rings. The first-order valence-corrected chi connectivity index (χ1v) is 8.20. The van der Waals surface area contributed by atoms with Gasteiger partial charge in [-0.05, 0) is 30.7 Å². The number of esters is 1. The van der Waals surface area contributed by atoms with Crippen molar-refractivity contribution in [2.75, 3.05) is 7.11 Å². The highest BCUT2D eigenvalue weighted by atomic mass is 35.5. The van der Waals surface area contributed by atoms with Gasteiger partial charge >= 0.3 is 11.9 Å².